The smallest absolute Gasteiger partial charge is 0.221 e. The fourth-order valence-corrected chi connectivity index (χ4v) is 0.804. The highest BCUT2D eigenvalue weighted by molar-refractivity contribution is 5.89. The maximum absolute atomic E-state index is 10.6. The van der Waals surface area contributed by atoms with Crippen molar-refractivity contribution in [2.24, 2.45) is 0 Å². The molecule has 1 aromatic rings. The van der Waals surface area contributed by atoms with Crippen molar-refractivity contribution in [3.63, 3.8) is 0 Å². The Morgan fingerprint density at radius 1 is 1.33 bits per heavy atom. The Bertz CT molecular complexity index is 309. The van der Waals surface area contributed by atoms with Crippen LogP contribution in [0.3, 0.4) is 0 Å². The van der Waals surface area contributed by atoms with Gasteiger partial charge in [-0.15, -0.1) is 0 Å². The van der Waals surface area contributed by atoms with Crippen molar-refractivity contribution >= 4 is 11.6 Å². The molecule has 0 bridgehead atoms. The predicted molar refractivity (Wildman–Crippen MR) is 44.1 cm³/mol. The molecule has 12 heavy (non-hydrogen) atoms. The van der Waals surface area contributed by atoms with E-state index in [-0.39, 0.29) is 17.4 Å². The first-order valence-corrected chi connectivity index (χ1v) is 3.39. The van der Waals surface area contributed by atoms with Crippen LogP contribution in [0.4, 0.5) is 5.69 Å². The summed E-state index contributed by atoms with van der Waals surface area (Å²) in [5, 5.41) is 20.4. The number of rotatable bonds is 1. The van der Waals surface area contributed by atoms with Crippen LogP contribution in [0, 0.1) is 0 Å². The van der Waals surface area contributed by atoms with Crippen LogP contribution in [0.25, 0.3) is 0 Å². The van der Waals surface area contributed by atoms with E-state index in [4.69, 9.17) is 10.2 Å². The van der Waals surface area contributed by atoms with Crippen molar-refractivity contribution in [3.8, 4) is 11.5 Å². The lowest BCUT2D eigenvalue weighted by atomic mass is 10.3. The Morgan fingerprint density at radius 2 is 2.00 bits per heavy atom. The first kappa shape index (κ1) is 8.39. The van der Waals surface area contributed by atoms with Gasteiger partial charge in [0.1, 0.15) is 0 Å². The summed E-state index contributed by atoms with van der Waals surface area (Å²) in [7, 11) is 0. The number of aromatic hydroxyl groups is 2. The topological polar surface area (TPSA) is 69.6 Å². The Hall–Kier alpha value is -1.71. The number of hydrogen-bond acceptors (Lipinski definition) is 3. The molecule has 3 N–H and O–H groups in total. The van der Waals surface area contributed by atoms with Crippen LogP contribution in [0.15, 0.2) is 18.2 Å². The van der Waals surface area contributed by atoms with Gasteiger partial charge in [0.25, 0.3) is 0 Å². The minimum absolute atomic E-state index is 0.205. The number of phenolic OH excluding ortho intramolecular Hbond substituents is 2. The molecule has 1 aromatic carbocycles. The summed E-state index contributed by atoms with van der Waals surface area (Å²) < 4.78 is 0. The number of hydrogen-bond donors (Lipinski definition) is 3. The molecule has 64 valence electrons. The average molecular weight is 167 g/mol. The SMILES string of the molecule is CC(=O)Nc1ccc(O)c(O)c1. The van der Waals surface area contributed by atoms with Crippen molar-refractivity contribution in [3.05, 3.63) is 18.2 Å². The number of carbonyl (C=O) groups is 1. The van der Waals surface area contributed by atoms with Crippen LogP contribution in [0.1, 0.15) is 6.92 Å². The van der Waals surface area contributed by atoms with Gasteiger partial charge in [-0.3, -0.25) is 4.79 Å². The monoisotopic (exact) mass is 167 g/mol. The summed E-state index contributed by atoms with van der Waals surface area (Å²) in [5.41, 5.74) is 0.456. The van der Waals surface area contributed by atoms with E-state index in [0.717, 1.165) is 0 Å². The fraction of sp³-hybridized carbons (Fsp3) is 0.125. The Kier molecular flexibility index (Phi) is 2.19. The van der Waals surface area contributed by atoms with Crippen molar-refractivity contribution < 1.29 is 15.0 Å². The molecule has 0 aliphatic heterocycles. The molecule has 4 heteroatoms. The van der Waals surface area contributed by atoms with Crippen LogP contribution in [0.2, 0.25) is 0 Å². The number of anilines is 1. The van der Waals surface area contributed by atoms with Gasteiger partial charge in [0.15, 0.2) is 11.5 Å². The van der Waals surface area contributed by atoms with Crippen LogP contribution in [-0.2, 0) is 4.79 Å². The van der Waals surface area contributed by atoms with E-state index in [2.05, 4.69) is 5.32 Å². The molecule has 0 heterocycles. The summed E-state index contributed by atoms with van der Waals surface area (Å²) in [4.78, 5) is 10.6. The third-order valence-corrected chi connectivity index (χ3v) is 1.30. The molecule has 0 aliphatic rings. The number of phenols is 2. The van der Waals surface area contributed by atoms with E-state index in [9.17, 15) is 4.79 Å². The quantitative estimate of drug-likeness (QED) is 0.432. The van der Waals surface area contributed by atoms with Crippen molar-refractivity contribution in [2.75, 3.05) is 5.32 Å². The first-order valence-electron chi connectivity index (χ1n) is 3.39. The third kappa shape index (κ3) is 1.88. The molecule has 0 fully saturated rings. The number of nitrogens with one attached hydrogen (secondary N) is 1. The van der Waals surface area contributed by atoms with Gasteiger partial charge < -0.3 is 15.5 Å². The van der Waals surface area contributed by atoms with Crippen LogP contribution < -0.4 is 5.32 Å². The van der Waals surface area contributed by atoms with E-state index < -0.39 is 0 Å². The molecule has 0 unspecified atom stereocenters. The van der Waals surface area contributed by atoms with Crippen molar-refractivity contribution in [1.29, 1.82) is 0 Å². The van der Waals surface area contributed by atoms with Gasteiger partial charge in [-0.2, -0.15) is 0 Å². The van der Waals surface area contributed by atoms with Gasteiger partial charge >= 0.3 is 0 Å². The number of benzene rings is 1. The van der Waals surface area contributed by atoms with E-state index >= 15 is 0 Å². The molecule has 0 aromatic heterocycles. The number of carbonyl (C=O) groups excluding carboxylic acids is 1. The predicted octanol–water partition coefficient (Wildman–Crippen LogP) is 1.06. The van der Waals surface area contributed by atoms with Gasteiger partial charge in [-0.05, 0) is 12.1 Å². The first-order chi connectivity index (χ1) is 5.59. The molecule has 0 spiro atoms. The molecule has 1 rings (SSSR count). The Labute approximate surface area is 69.5 Å². The van der Waals surface area contributed by atoms with E-state index in [0.29, 0.717) is 5.69 Å². The normalized spacial score (nSPS) is 9.42. The van der Waals surface area contributed by atoms with Crippen LogP contribution in [0.5, 0.6) is 11.5 Å². The molecule has 0 aliphatic carbocycles. The fourth-order valence-electron chi connectivity index (χ4n) is 0.804. The lowest BCUT2D eigenvalue weighted by molar-refractivity contribution is -0.114. The Balaban J connectivity index is 2.89. The second-order valence-electron chi connectivity index (χ2n) is 2.38. The van der Waals surface area contributed by atoms with E-state index in [1.54, 1.807) is 0 Å². The highest BCUT2D eigenvalue weighted by Crippen LogP contribution is 2.27. The maximum Gasteiger partial charge on any atom is 0.221 e. The second kappa shape index (κ2) is 3.13. The Morgan fingerprint density at radius 3 is 2.50 bits per heavy atom. The zero-order valence-electron chi connectivity index (χ0n) is 6.53. The molecule has 0 saturated carbocycles. The van der Waals surface area contributed by atoms with Gasteiger partial charge in [-0.25, -0.2) is 0 Å². The lowest BCUT2D eigenvalue weighted by Gasteiger charge is -2.02. The second-order valence-corrected chi connectivity index (χ2v) is 2.38. The molecule has 0 radical (unpaired) electrons. The third-order valence-electron chi connectivity index (χ3n) is 1.30. The molecule has 0 atom stereocenters. The van der Waals surface area contributed by atoms with Gasteiger partial charge in [0.05, 0.1) is 0 Å². The summed E-state index contributed by atoms with van der Waals surface area (Å²) in [6.07, 6.45) is 0. The average Bonchev–Trinajstić information content (AvgIpc) is 1.96. The highest BCUT2D eigenvalue weighted by Gasteiger charge is 2.00. The van der Waals surface area contributed by atoms with Crippen LogP contribution >= 0.6 is 0 Å². The van der Waals surface area contributed by atoms with E-state index in [1.807, 2.05) is 0 Å². The van der Waals surface area contributed by atoms with Gasteiger partial charge in [-0.1, -0.05) is 0 Å². The lowest BCUT2D eigenvalue weighted by Crippen LogP contribution is -2.05. The number of amides is 1. The van der Waals surface area contributed by atoms with Gasteiger partial charge in [0.2, 0.25) is 5.91 Å². The molecule has 4 nitrogen and oxygen atoms in total. The summed E-state index contributed by atoms with van der Waals surface area (Å²) in [5.74, 6) is -0.676. The summed E-state index contributed by atoms with van der Waals surface area (Å²) >= 11 is 0. The van der Waals surface area contributed by atoms with Crippen LogP contribution in [-0.4, -0.2) is 16.1 Å². The zero-order chi connectivity index (χ0) is 9.14. The molecular formula is C8H9NO3. The summed E-state index contributed by atoms with van der Waals surface area (Å²) in [6, 6.07) is 4.08. The standard InChI is InChI=1S/C8H9NO3/c1-5(10)9-6-2-3-7(11)8(12)4-6/h2-4,11-12H,1H3,(H,9,10). The van der Waals surface area contributed by atoms with Gasteiger partial charge in [0, 0.05) is 18.7 Å². The summed E-state index contributed by atoms with van der Waals surface area (Å²) in [6.45, 7) is 1.36. The largest absolute Gasteiger partial charge is 0.504 e. The maximum atomic E-state index is 10.6. The minimum atomic E-state index is -0.249. The van der Waals surface area contributed by atoms with Crippen molar-refractivity contribution in [2.45, 2.75) is 6.92 Å². The molecular weight excluding hydrogens is 158 g/mol. The zero-order valence-corrected chi connectivity index (χ0v) is 6.53. The minimum Gasteiger partial charge on any atom is -0.504 e. The molecule has 0 saturated heterocycles. The molecule has 1 amide bonds. The van der Waals surface area contributed by atoms with Crippen molar-refractivity contribution in [1.82, 2.24) is 0 Å². The highest BCUT2D eigenvalue weighted by atomic mass is 16.3. The van der Waals surface area contributed by atoms with E-state index in [1.165, 1.54) is 25.1 Å².